The van der Waals surface area contributed by atoms with Gasteiger partial charge in [-0.05, 0) is 181 Å². The maximum absolute atomic E-state index is 16.8. The van der Waals surface area contributed by atoms with Crippen LogP contribution in [-0.2, 0) is 21.7 Å². The third-order valence-corrected chi connectivity index (χ3v) is 15.3. The van der Waals surface area contributed by atoms with Crippen LogP contribution in [0.3, 0.4) is 0 Å². The zero-order valence-corrected chi connectivity index (χ0v) is 45.7. The third-order valence-electron chi connectivity index (χ3n) is 15.3. The molecular weight excluding hydrogens is 937 g/mol. The Balaban J connectivity index is 1.12. The lowest BCUT2D eigenvalue weighted by molar-refractivity contribution is 0.103. The zero-order chi connectivity index (χ0) is 53.8. The van der Waals surface area contributed by atoms with Crippen LogP contribution in [0.25, 0.3) is 88.5 Å². The minimum absolute atomic E-state index is 0.0490. The summed E-state index contributed by atoms with van der Waals surface area (Å²) in [6.45, 7) is 27.0. The molecule has 3 heterocycles. The van der Waals surface area contributed by atoms with Gasteiger partial charge in [0.2, 0.25) is 0 Å². The van der Waals surface area contributed by atoms with Crippen molar-refractivity contribution in [3.63, 3.8) is 0 Å². The van der Waals surface area contributed by atoms with E-state index in [9.17, 15) is 0 Å². The Hall–Kier alpha value is -7.96. The normalized spacial score (nSPS) is 12.7. The van der Waals surface area contributed by atoms with E-state index in [1.54, 1.807) is 36.5 Å². The second-order valence-corrected chi connectivity index (χ2v) is 24.8. The van der Waals surface area contributed by atoms with Crippen molar-refractivity contribution in [2.45, 2.75) is 105 Å². The lowest BCUT2D eigenvalue weighted by Crippen LogP contribution is -2.10. The molecule has 11 rings (SSSR count). The van der Waals surface area contributed by atoms with Crippen molar-refractivity contribution < 1.29 is 13.6 Å². The molecule has 6 heteroatoms. The molecule has 0 radical (unpaired) electrons. The molecule has 0 aliphatic carbocycles. The number of halogens is 2. The summed E-state index contributed by atoms with van der Waals surface area (Å²) < 4.78 is 37.6. The molecule has 0 atom stereocenters. The van der Waals surface area contributed by atoms with Crippen LogP contribution in [-0.4, -0.2) is 19.9 Å². The fourth-order valence-corrected chi connectivity index (χ4v) is 10.8. The summed E-state index contributed by atoms with van der Waals surface area (Å²) in [6, 6.07) is 57.1. The van der Waals surface area contributed by atoms with Gasteiger partial charge in [0.25, 0.3) is 0 Å². The minimum atomic E-state index is -0.953. The standard InChI is InChI=1S/C70H65F2N3O/c1-67(2,3)47-22-28-60-54(38-47)55-39-48(68(4,5)6)23-29-61(55)74(60)51-19-15-17-42(36-51)44-33-45(35-46(34-44)66(76)64-58(71)27-26-53(65(64)72)59-21-13-14-32-73-59)43-18-16-20-52(37-43)75-62-30-24-49(69(7,8)9)40-56(62)57-41-50(70(10,11)12)25-31-63(57)75/h13-41H,1-12H3. The second-order valence-electron chi connectivity index (χ2n) is 24.8. The Kier molecular flexibility index (Phi) is 12.0. The first-order valence-electron chi connectivity index (χ1n) is 26.4. The highest BCUT2D eigenvalue weighted by atomic mass is 19.1. The summed E-state index contributed by atoms with van der Waals surface area (Å²) in [5.41, 5.74) is 14.1. The van der Waals surface area contributed by atoms with Crippen LogP contribution in [0.4, 0.5) is 8.78 Å². The van der Waals surface area contributed by atoms with Crippen molar-refractivity contribution in [2.24, 2.45) is 0 Å². The van der Waals surface area contributed by atoms with Gasteiger partial charge in [0.15, 0.2) is 5.78 Å². The Labute approximate surface area is 445 Å². The molecule has 0 N–H and O–H groups in total. The van der Waals surface area contributed by atoms with E-state index >= 15 is 13.6 Å². The molecule has 0 aliphatic rings. The largest absolute Gasteiger partial charge is 0.309 e. The van der Waals surface area contributed by atoms with Crippen molar-refractivity contribution >= 4 is 49.4 Å². The Morgan fingerprint density at radius 3 is 1.18 bits per heavy atom. The molecule has 0 fully saturated rings. The van der Waals surface area contributed by atoms with Gasteiger partial charge in [-0.1, -0.05) is 138 Å². The Bertz CT molecular complexity index is 3770. The predicted molar refractivity (Wildman–Crippen MR) is 314 cm³/mol. The summed E-state index contributed by atoms with van der Waals surface area (Å²) in [5.74, 6) is -2.66. The number of pyridine rings is 1. The Morgan fingerprint density at radius 1 is 0.408 bits per heavy atom. The van der Waals surface area contributed by atoms with Crippen LogP contribution in [0, 0.1) is 11.6 Å². The van der Waals surface area contributed by atoms with Crippen LogP contribution in [0.1, 0.15) is 121 Å². The third kappa shape index (κ3) is 8.91. The van der Waals surface area contributed by atoms with Crippen molar-refractivity contribution in [3.05, 3.63) is 221 Å². The van der Waals surface area contributed by atoms with Crippen LogP contribution in [0.15, 0.2) is 176 Å². The number of benzene rings is 8. The lowest BCUT2D eigenvalue weighted by atomic mass is 9.85. The number of aromatic nitrogens is 3. The number of nitrogens with zero attached hydrogens (tertiary/aromatic N) is 3. The first-order valence-corrected chi connectivity index (χ1v) is 26.4. The van der Waals surface area contributed by atoms with Crippen molar-refractivity contribution in [1.29, 1.82) is 0 Å². The minimum Gasteiger partial charge on any atom is -0.309 e. The van der Waals surface area contributed by atoms with E-state index in [0.29, 0.717) is 5.69 Å². The van der Waals surface area contributed by atoms with Crippen molar-refractivity contribution in [1.82, 2.24) is 14.1 Å². The van der Waals surface area contributed by atoms with E-state index < -0.39 is 23.0 Å². The van der Waals surface area contributed by atoms with Crippen LogP contribution in [0.2, 0.25) is 0 Å². The fraction of sp³-hybridized carbons (Fsp3) is 0.229. The Morgan fingerprint density at radius 2 is 0.816 bits per heavy atom. The van der Waals surface area contributed by atoms with E-state index in [1.165, 1.54) is 49.9 Å². The van der Waals surface area contributed by atoms with Crippen molar-refractivity contribution in [2.75, 3.05) is 0 Å². The molecule has 11 aromatic rings. The summed E-state index contributed by atoms with van der Waals surface area (Å²) in [5, 5.41) is 4.72. The van der Waals surface area contributed by atoms with Gasteiger partial charge < -0.3 is 9.13 Å². The number of ketones is 1. The van der Waals surface area contributed by atoms with Gasteiger partial charge in [0, 0.05) is 50.2 Å². The van der Waals surface area contributed by atoms with E-state index in [0.717, 1.165) is 61.8 Å². The molecule has 0 amide bonds. The smallest absolute Gasteiger partial charge is 0.199 e. The number of rotatable bonds is 7. The lowest BCUT2D eigenvalue weighted by Gasteiger charge is -2.19. The summed E-state index contributed by atoms with van der Waals surface area (Å²) in [6.07, 6.45) is 1.55. The van der Waals surface area contributed by atoms with Crippen LogP contribution < -0.4 is 0 Å². The summed E-state index contributed by atoms with van der Waals surface area (Å²) in [4.78, 5) is 19.4. The van der Waals surface area contributed by atoms with Gasteiger partial charge in [-0.3, -0.25) is 9.78 Å². The highest BCUT2D eigenvalue weighted by molar-refractivity contribution is 6.13. The molecule has 0 bridgehead atoms. The molecule has 8 aromatic carbocycles. The SMILES string of the molecule is CC(C)(C)c1ccc2c(c1)c1cc(C(C)(C)C)ccc1n2-c1cccc(-c2cc(C(=O)c3c(F)ccc(-c4ccccn4)c3F)cc(-c3cccc(-n4c5ccc(C(C)(C)C)cc5c5cc(C(C)(C)C)ccc54)c3)c2)c1. The quantitative estimate of drug-likeness (QED) is 0.149. The maximum Gasteiger partial charge on any atom is 0.199 e. The van der Waals surface area contributed by atoms with E-state index in [-0.39, 0.29) is 32.8 Å². The average Bonchev–Trinajstić information content (AvgIpc) is 3.94. The maximum atomic E-state index is 16.8. The number of hydrogen-bond donors (Lipinski definition) is 0. The van der Waals surface area contributed by atoms with Gasteiger partial charge in [-0.25, -0.2) is 8.78 Å². The molecule has 3 aromatic heterocycles. The molecule has 76 heavy (non-hydrogen) atoms. The van der Waals surface area contributed by atoms with Crippen LogP contribution >= 0.6 is 0 Å². The molecule has 0 saturated heterocycles. The molecule has 380 valence electrons. The van der Waals surface area contributed by atoms with Gasteiger partial charge in [-0.15, -0.1) is 0 Å². The average molecular weight is 1000 g/mol. The molecular formula is C70H65F2N3O. The first kappa shape index (κ1) is 50.2. The molecule has 0 unspecified atom stereocenters. The monoisotopic (exact) mass is 1000 g/mol. The van der Waals surface area contributed by atoms with Crippen LogP contribution in [0.5, 0.6) is 0 Å². The number of hydrogen-bond acceptors (Lipinski definition) is 2. The molecule has 4 nitrogen and oxygen atoms in total. The van der Waals surface area contributed by atoms with E-state index in [1.807, 2.05) is 24.3 Å². The molecule has 0 saturated carbocycles. The number of fused-ring (bicyclic) bond motifs is 6. The second kappa shape index (κ2) is 18.1. The van der Waals surface area contributed by atoms with E-state index in [4.69, 9.17) is 0 Å². The van der Waals surface area contributed by atoms with Crippen molar-refractivity contribution in [3.8, 4) is 44.9 Å². The first-order chi connectivity index (χ1) is 35.9. The van der Waals surface area contributed by atoms with Gasteiger partial charge >= 0.3 is 0 Å². The van der Waals surface area contributed by atoms with Gasteiger partial charge in [-0.2, -0.15) is 0 Å². The van der Waals surface area contributed by atoms with Gasteiger partial charge in [0.05, 0.1) is 33.3 Å². The van der Waals surface area contributed by atoms with E-state index in [2.05, 4.69) is 200 Å². The number of carbonyl (C=O) groups excluding carboxylic acids is 1. The summed E-state index contributed by atoms with van der Waals surface area (Å²) >= 11 is 0. The molecule has 0 spiro atoms. The summed E-state index contributed by atoms with van der Waals surface area (Å²) in [7, 11) is 0. The van der Waals surface area contributed by atoms with Gasteiger partial charge in [0.1, 0.15) is 11.6 Å². The molecule has 0 aliphatic heterocycles. The fourth-order valence-electron chi connectivity index (χ4n) is 10.8. The highest BCUT2D eigenvalue weighted by Crippen LogP contribution is 2.42. The number of carbonyl (C=O) groups is 1. The highest BCUT2D eigenvalue weighted by Gasteiger charge is 2.27. The topological polar surface area (TPSA) is 39.8 Å². The predicted octanol–water partition coefficient (Wildman–Crippen LogP) is 19.0. The zero-order valence-electron chi connectivity index (χ0n) is 45.7.